The summed E-state index contributed by atoms with van der Waals surface area (Å²) in [6, 6.07) is 1.47. The first kappa shape index (κ1) is 20.3. The van der Waals surface area contributed by atoms with E-state index in [1.165, 1.54) is 12.7 Å². The molecule has 0 radical (unpaired) electrons. The van der Waals surface area contributed by atoms with Crippen molar-refractivity contribution in [2.24, 2.45) is 5.92 Å². The normalized spacial score (nSPS) is 28.5. The second-order valence-corrected chi connectivity index (χ2v) is 8.44. The third kappa shape index (κ3) is 3.67. The van der Waals surface area contributed by atoms with Crippen molar-refractivity contribution in [2.75, 3.05) is 29.9 Å². The van der Waals surface area contributed by atoms with Crippen molar-refractivity contribution in [2.45, 2.75) is 37.1 Å². The average molecular weight is 447 g/mol. The number of halogens is 1. The van der Waals surface area contributed by atoms with Crippen LogP contribution in [0.1, 0.15) is 18.9 Å². The predicted octanol–water partition coefficient (Wildman–Crippen LogP) is 0.236. The number of aromatic nitrogens is 6. The predicted molar refractivity (Wildman–Crippen MR) is 113 cm³/mol. The van der Waals surface area contributed by atoms with Gasteiger partial charge < -0.3 is 30.1 Å². The van der Waals surface area contributed by atoms with Crippen LogP contribution in [0, 0.1) is 5.92 Å². The van der Waals surface area contributed by atoms with Crippen molar-refractivity contribution in [3.05, 3.63) is 30.2 Å². The molecule has 31 heavy (non-hydrogen) atoms. The minimum Gasteiger partial charge on any atom is -0.396 e. The van der Waals surface area contributed by atoms with Gasteiger partial charge in [0.1, 0.15) is 35.2 Å². The number of anilines is 2. The molecule has 164 valence electrons. The summed E-state index contributed by atoms with van der Waals surface area (Å²) in [5, 5.41) is 33.9. The molecule has 3 aromatic rings. The Kier molecular flexibility index (Phi) is 5.34. The van der Waals surface area contributed by atoms with E-state index in [2.05, 4.69) is 35.1 Å². The highest BCUT2D eigenvalue weighted by Crippen LogP contribution is 2.37. The van der Waals surface area contributed by atoms with E-state index in [0.717, 1.165) is 25.3 Å². The number of rotatable bonds is 5. The third-order valence-electron chi connectivity index (χ3n) is 6.19. The SMILES string of the molecule is OC[C@H]1C[C@@H](n2cnc3c(N[C@H]4CCN(c5cc(Cl)ncn5)C4)ncnc32)[C@H](O)[C@@H]1O. The number of hydrogen-bond acceptors (Lipinski definition) is 10. The van der Waals surface area contributed by atoms with Crippen LogP contribution >= 0.6 is 11.6 Å². The van der Waals surface area contributed by atoms with Crippen molar-refractivity contribution < 1.29 is 15.3 Å². The quantitative estimate of drug-likeness (QED) is 0.402. The van der Waals surface area contributed by atoms with Crippen molar-refractivity contribution >= 4 is 34.4 Å². The van der Waals surface area contributed by atoms with Crippen LogP contribution in [0.4, 0.5) is 11.6 Å². The molecule has 5 atom stereocenters. The Hall–Kier alpha value is -2.60. The lowest BCUT2D eigenvalue weighted by atomic mass is 10.1. The summed E-state index contributed by atoms with van der Waals surface area (Å²) >= 11 is 5.98. The summed E-state index contributed by atoms with van der Waals surface area (Å²) in [6.45, 7) is 1.37. The van der Waals surface area contributed by atoms with Crippen LogP contribution in [0.15, 0.2) is 25.0 Å². The van der Waals surface area contributed by atoms with Gasteiger partial charge in [-0.05, 0) is 12.8 Å². The molecule has 0 amide bonds. The van der Waals surface area contributed by atoms with E-state index in [1.807, 2.05) is 0 Å². The maximum Gasteiger partial charge on any atom is 0.165 e. The van der Waals surface area contributed by atoms with Crippen molar-refractivity contribution in [1.29, 1.82) is 0 Å². The van der Waals surface area contributed by atoms with Gasteiger partial charge in [-0.1, -0.05) is 11.6 Å². The van der Waals surface area contributed by atoms with Crippen LogP contribution in [0.25, 0.3) is 11.2 Å². The number of aliphatic hydroxyl groups excluding tert-OH is 3. The van der Waals surface area contributed by atoms with Crippen molar-refractivity contribution in [3.8, 4) is 0 Å². The maximum absolute atomic E-state index is 10.5. The molecule has 1 saturated carbocycles. The van der Waals surface area contributed by atoms with E-state index >= 15 is 0 Å². The topological polar surface area (TPSA) is 145 Å². The van der Waals surface area contributed by atoms with Gasteiger partial charge in [0.2, 0.25) is 0 Å². The largest absolute Gasteiger partial charge is 0.396 e. The highest BCUT2D eigenvalue weighted by molar-refractivity contribution is 6.29. The molecule has 1 saturated heterocycles. The number of imidazole rings is 1. The second kappa shape index (κ2) is 8.15. The first-order valence-electron chi connectivity index (χ1n) is 10.2. The summed E-state index contributed by atoms with van der Waals surface area (Å²) in [6.07, 6.45) is 3.87. The van der Waals surface area contributed by atoms with Crippen LogP contribution in [0.3, 0.4) is 0 Å². The van der Waals surface area contributed by atoms with Crippen LogP contribution in [0.2, 0.25) is 5.15 Å². The summed E-state index contributed by atoms with van der Waals surface area (Å²) < 4.78 is 1.76. The molecule has 1 aliphatic carbocycles. The molecular formula is C19H23ClN8O3. The average Bonchev–Trinajstić information content (AvgIpc) is 3.47. The van der Waals surface area contributed by atoms with Gasteiger partial charge >= 0.3 is 0 Å². The van der Waals surface area contributed by atoms with Crippen LogP contribution < -0.4 is 10.2 Å². The van der Waals surface area contributed by atoms with Gasteiger partial charge in [0.25, 0.3) is 0 Å². The van der Waals surface area contributed by atoms with Gasteiger partial charge in [0, 0.05) is 37.7 Å². The molecule has 2 aliphatic rings. The number of hydrogen-bond donors (Lipinski definition) is 4. The first-order chi connectivity index (χ1) is 15.0. The zero-order chi connectivity index (χ0) is 21.5. The molecule has 0 unspecified atom stereocenters. The van der Waals surface area contributed by atoms with Crippen molar-refractivity contribution in [1.82, 2.24) is 29.5 Å². The molecule has 11 nitrogen and oxygen atoms in total. The van der Waals surface area contributed by atoms with E-state index < -0.39 is 18.2 Å². The molecule has 0 aromatic carbocycles. The van der Waals surface area contributed by atoms with Crippen molar-refractivity contribution in [3.63, 3.8) is 0 Å². The fourth-order valence-corrected chi connectivity index (χ4v) is 4.67. The molecular weight excluding hydrogens is 424 g/mol. The summed E-state index contributed by atoms with van der Waals surface area (Å²) in [7, 11) is 0. The number of nitrogens with zero attached hydrogens (tertiary/aromatic N) is 7. The Morgan fingerprint density at radius 1 is 1.10 bits per heavy atom. The van der Waals surface area contributed by atoms with Gasteiger partial charge in [-0.2, -0.15) is 0 Å². The fraction of sp³-hybridized carbons (Fsp3) is 0.526. The van der Waals surface area contributed by atoms with Crippen LogP contribution in [0.5, 0.6) is 0 Å². The third-order valence-corrected chi connectivity index (χ3v) is 6.40. The van der Waals surface area contributed by atoms with E-state index in [0.29, 0.717) is 28.6 Å². The zero-order valence-corrected chi connectivity index (χ0v) is 17.3. The van der Waals surface area contributed by atoms with Gasteiger partial charge in [0.15, 0.2) is 11.5 Å². The molecule has 3 aromatic heterocycles. The van der Waals surface area contributed by atoms with Gasteiger partial charge in [0.05, 0.1) is 18.5 Å². The molecule has 2 fully saturated rings. The molecule has 4 N–H and O–H groups in total. The van der Waals surface area contributed by atoms with Gasteiger partial charge in [-0.3, -0.25) is 0 Å². The maximum atomic E-state index is 10.5. The summed E-state index contributed by atoms with van der Waals surface area (Å²) in [5.74, 6) is 1.02. The molecule has 1 aliphatic heterocycles. The first-order valence-corrected chi connectivity index (χ1v) is 10.6. The minimum absolute atomic E-state index is 0.134. The number of nitrogens with one attached hydrogen (secondary N) is 1. The van der Waals surface area contributed by atoms with E-state index in [-0.39, 0.29) is 18.6 Å². The van der Waals surface area contributed by atoms with Crippen LogP contribution in [-0.2, 0) is 0 Å². The molecule has 5 rings (SSSR count). The number of fused-ring (bicyclic) bond motifs is 1. The van der Waals surface area contributed by atoms with Crippen LogP contribution in [-0.4, -0.2) is 82.8 Å². The van der Waals surface area contributed by atoms with E-state index in [1.54, 1.807) is 17.0 Å². The Morgan fingerprint density at radius 2 is 1.94 bits per heavy atom. The van der Waals surface area contributed by atoms with E-state index in [4.69, 9.17) is 11.6 Å². The standard InChI is InChI=1S/C19H23ClN8O3/c20-13-4-14(22-7-21-13)27-2-1-11(5-27)26-18-15-19(24-8-23-18)28(9-25-15)12-3-10(6-29)16(30)17(12)31/h4,7-12,16-17,29-31H,1-3,5-6H2,(H,23,24,26)/t10-,11+,12-,16-,17+/m1/s1. The van der Waals surface area contributed by atoms with Gasteiger partial charge in [-0.25, -0.2) is 24.9 Å². The Labute approximate surface area is 182 Å². The smallest absolute Gasteiger partial charge is 0.165 e. The highest BCUT2D eigenvalue weighted by atomic mass is 35.5. The molecule has 4 heterocycles. The lowest BCUT2D eigenvalue weighted by Gasteiger charge is -2.19. The monoisotopic (exact) mass is 446 g/mol. The summed E-state index contributed by atoms with van der Waals surface area (Å²) in [4.78, 5) is 23.5. The van der Waals surface area contributed by atoms with Gasteiger partial charge in [-0.15, -0.1) is 0 Å². The molecule has 0 bridgehead atoms. The fourth-order valence-electron chi connectivity index (χ4n) is 4.53. The number of aliphatic hydroxyl groups is 3. The lowest BCUT2D eigenvalue weighted by Crippen LogP contribution is -2.30. The molecule has 12 heteroatoms. The Bertz CT molecular complexity index is 1080. The highest BCUT2D eigenvalue weighted by Gasteiger charge is 2.42. The Balaban J connectivity index is 1.35. The lowest BCUT2D eigenvalue weighted by molar-refractivity contribution is -0.00370. The zero-order valence-electron chi connectivity index (χ0n) is 16.6. The minimum atomic E-state index is -0.996. The van der Waals surface area contributed by atoms with E-state index in [9.17, 15) is 15.3 Å². The Morgan fingerprint density at radius 3 is 2.71 bits per heavy atom. The summed E-state index contributed by atoms with van der Waals surface area (Å²) in [5.41, 5.74) is 1.17. The molecule has 0 spiro atoms. The second-order valence-electron chi connectivity index (χ2n) is 8.05.